The molecule has 1 aromatic carbocycles. The van der Waals surface area contributed by atoms with Crippen LogP contribution in [-0.4, -0.2) is 15.2 Å². The summed E-state index contributed by atoms with van der Waals surface area (Å²) in [6, 6.07) is 6.33. The Hall–Kier alpha value is -2.04. The first-order valence-electron chi connectivity index (χ1n) is 4.67. The van der Waals surface area contributed by atoms with E-state index in [1.165, 1.54) is 4.57 Å². The SMILES string of the molecule is CCn1c(=O)n(C(N)=O)c2ccccc21. The number of benzene rings is 1. The Morgan fingerprint density at radius 3 is 2.47 bits per heavy atom. The molecule has 0 saturated heterocycles. The molecule has 15 heavy (non-hydrogen) atoms. The molecule has 0 bridgehead atoms. The van der Waals surface area contributed by atoms with Crippen LogP contribution in [0.4, 0.5) is 4.79 Å². The molecule has 0 aliphatic rings. The van der Waals surface area contributed by atoms with Crippen LogP contribution >= 0.6 is 0 Å². The van der Waals surface area contributed by atoms with E-state index in [9.17, 15) is 9.59 Å². The molecular weight excluding hydrogens is 194 g/mol. The number of primary amides is 1. The average molecular weight is 205 g/mol. The largest absolute Gasteiger partial charge is 0.351 e. The molecule has 2 rings (SSSR count). The fraction of sp³-hybridized carbons (Fsp3) is 0.200. The minimum Gasteiger partial charge on any atom is -0.351 e. The molecule has 1 aromatic heterocycles. The van der Waals surface area contributed by atoms with E-state index in [2.05, 4.69) is 0 Å². The molecule has 0 fully saturated rings. The second-order valence-electron chi connectivity index (χ2n) is 3.19. The van der Waals surface area contributed by atoms with Crippen LogP contribution in [0.2, 0.25) is 0 Å². The third-order valence-electron chi connectivity index (χ3n) is 2.37. The van der Waals surface area contributed by atoms with E-state index in [0.717, 1.165) is 10.1 Å². The molecule has 0 atom stereocenters. The highest BCUT2D eigenvalue weighted by atomic mass is 16.2. The van der Waals surface area contributed by atoms with Crippen LogP contribution in [0.5, 0.6) is 0 Å². The minimum absolute atomic E-state index is 0.383. The zero-order valence-corrected chi connectivity index (χ0v) is 8.30. The highest BCUT2D eigenvalue weighted by Crippen LogP contribution is 2.11. The maximum absolute atomic E-state index is 11.8. The van der Waals surface area contributed by atoms with Crippen LogP contribution in [0.15, 0.2) is 29.1 Å². The zero-order valence-electron chi connectivity index (χ0n) is 8.30. The van der Waals surface area contributed by atoms with E-state index in [-0.39, 0.29) is 5.69 Å². The van der Waals surface area contributed by atoms with Gasteiger partial charge >= 0.3 is 11.7 Å². The molecular formula is C10H11N3O2. The van der Waals surface area contributed by atoms with E-state index in [1.54, 1.807) is 18.2 Å². The van der Waals surface area contributed by atoms with Crippen molar-refractivity contribution < 1.29 is 4.79 Å². The van der Waals surface area contributed by atoms with Gasteiger partial charge in [0.2, 0.25) is 0 Å². The number of hydrogen-bond acceptors (Lipinski definition) is 2. The highest BCUT2D eigenvalue weighted by Gasteiger charge is 2.14. The fourth-order valence-electron chi connectivity index (χ4n) is 1.73. The quantitative estimate of drug-likeness (QED) is 0.746. The van der Waals surface area contributed by atoms with E-state index in [4.69, 9.17) is 5.73 Å². The van der Waals surface area contributed by atoms with E-state index >= 15 is 0 Å². The number of carbonyl (C=O) groups excluding carboxylic acids is 1. The van der Waals surface area contributed by atoms with Gasteiger partial charge in [-0.3, -0.25) is 4.57 Å². The first-order chi connectivity index (χ1) is 7.16. The molecule has 2 aromatic rings. The van der Waals surface area contributed by atoms with Crippen molar-refractivity contribution in [1.82, 2.24) is 9.13 Å². The van der Waals surface area contributed by atoms with Crippen molar-refractivity contribution in [1.29, 1.82) is 0 Å². The molecule has 78 valence electrons. The molecule has 0 radical (unpaired) electrons. The van der Waals surface area contributed by atoms with Gasteiger partial charge in [0.25, 0.3) is 0 Å². The van der Waals surface area contributed by atoms with Crippen molar-refractivity contribution in [2.45, 2.75) is 13.5 Å². The van der Waals surface area contributed by atoms with Crippen molar-refractivity contribution in [3.63, 3.8) is 0 Å². The first-order valence-corrected chi connectivity index (χ1v) is 4.67. The summed E-state index contributed by atoms with van der Waals surface area (Å²) in [6.45, 7) is 2.36. The number of carbonyl (C=O) groups is 1. The summed E-state index contributed by atoms with van der Waals surface area (Å²) in [5.74, 6) is 0. The third-order valence-corrected chi connectivity index (χ3v) is 2.37. The molecule has 5 heteroatoms. The molecule has 1 heterocycles. The standard InChI is InChI=1S/C10H11N3O2/c1-2-12-7-5-3-4-6-8(7)13(9(11)14)10(12)15/h3-6H,2H2,1H3,(H2,11,14). The number of fused-ring (bicyclic) bond motifs is 1. The predicted octanol–water partition coefficient (Wildman–Crippen LogP) is 0.750. The number of aryl methyl sites for hydroxylation is 1. The van der Waals surface area contributed by atoms with Crippen molar-refractivity contribution >= 4 is 17.1 Å². The van der Waals surface area contributed by atoms with E-state index in [0.29, 0.717) is 12.1 Å². The topological polar surface area (TPSA) is 70.0 Å². The van der Waals surface area contributed by atoms with E-state index < -0.39 is 6.03 Å². The Balaban J connectivity index is 2.98. The molecule has 1 amide bonds. The number of amides is 1. The lowest BCUT2D eigenvalue weighted by Gasteiger charge is -1.95. The zero-order chi connectivity index (χ0) is 11.0. The van der Waals surface area contributed by atoms with Gasteiger partial charge < -0.3 is 5.73 Å². The van der Waals surface area contributed by atoms with Crippen LogP contribution in [-0.2, 0) is 6.54 Å². The smallest absolute Gasteiger partial charge is 0.337 e. The lowest BCUT2D eigenvalue weighted by atomic mass is 10.3. The molecule has 0 aliphatic heterocycles. The Bertz CT molecular complexity index is 580. The number of rotatable bonds is 1. The summed E-state index contributed by atoms with van der Waals surface area (Å²) < 4.78 is 2.50. The van der Waals surface area contributed by atoms with Gasteiger partial charge in [-0.25, -0.2) is 14.2 Å². The molecule has 5 nitrogen and oxygen atoms in total. The second kappa shape index (κ2) is 3.27. The summed E-state index contributed by atoms with van der Waals surface area (Å²) in [4.78, 5) is 22.9. The molecule has 0 unspecified atom stereocenters. The Morgan fingerprint density at radius 1 is 1.33 bits per heavy atom. The van der Waals surface area contributed by atoms with Gasteiger partial charge in [0.05, 0.1) is 11.0 Å². The van der Waals surface area contributed by atoms with Crippen molar-refractivity contribution in [2.75, 3.05) is 0 Å². The summed E-state index contributed by atoms with van der Waals surface area (Å²) >= 11 is 0. The third kappa shape index (κ3) is 1.24. The van der Waals surface area contributed by atoms with Crippen molar-refractivity contribution in [3.8, 4) is 0 Å². The van der Waals surface area contributed by atoms with Crippen LogP contribution in [0.1, 0.15) is 6.92 Å². The molecule has 2 N–H and O–H groups in total. The van der Waals surface area contributed by atoms with Gasteiger partial charge in [-0.15, -0.1) is 0 Å². The van der Waals surface area contributed by atoms with Gasteiger partial charge in [-0.05, 0) is 19.1 Å². The van der Waals surface area contributed by atoms with Crippen LogP contribution < -0.4 is 11.4 Å². The minimum atomic E-state index is -0.747. The summed E-state index contributed by atoms with van der Waals surface area (Å²) in [5, 5.41) is 0. The first kappa shape index (κ1) is 9.51. The molecule has 0 aliphatic carbocycles. The number of nitrogens with zero attached hydrogens (tertiary/aromatic N) is 2. The maximum atomic E-state index is 11.8. The summed E-state index contributed by atoms with van der Waals surface area (Å²) in [6.07, 6.45) is 0. The maximum Gasteiger partial charge on any atom is 0.337 e. The summed E-state index contributed by atoms with van der Waals surface area (Å²) in [7, 11) is 0. The average Bonchev–Trinajstić information content (AvgIpc) is 2.49. The van der Waals surface area contributed by atoms with Gasteiger partial charge in [-0.1, -0.05) is 12.1 Å². The van der Waals surface area contributed by atoms with Crippen molar-refractivity contribution in [2.24, 2.45) is 5.73 Å². The van der Waals surface area contributed by atoms with Gasteiger partial charge in [0.15, 0.2) is 0 Å². The van der Waals surface area contributed by atoms with Gasteiger partial charge in [0, 0.05) is 6.54 Å². The summed E-state index contributed by atoms with van der Waals surface area (Å²) in [5.41, 5.74) is 6.05. The van der Waals surface area contributed by atoms with Gasteiger partial charge in [0.1, 0.15) is 0 Å². The number of hydrogen-bond donors (Lipinski definition) is 1. The lowest BCUT2D eigenvalue weighted by Crippen LogP contribution is -2.32. The predicted molar refractivity (Wildman–Crippen MR) is 56.9 cm³/mol. The van der Waals surface area contributed by atoms with Crippen molar-refractivity contribution in [3.05, 3.63) is 34.7 Å². The Labute approximate surface area is 85.7 Å². The molecule has 0 spiro atoms. The van der Waals surface area contributed by atoms with Crippen LogP contribution in [0.3, 0.4) is 0 Å². The fourth-order valence-corrected chi connectivity index (χ4v) is 1.73. The van der Waals surface area contributed by atoms with Crippen LogP contribution in [0, 0.1) is 0 Å². The monoisotopic (exact) mass is 205 g/mol. The number of aromatic nitrogens is 2. The number of para-hydroxylation sites is 2. The normalized spacial score (nSPS) is 10.7. The Morgan fingerprint density at radius 2 is 1.93 bits per heavy atom. The second-order valence-corrected chi connectivity index (χ2v) is 3.19. The highest BCUT2D eigenvalue weighted by molar-refractivity contribution is 5.88. The Kier molecular flexibility index (Phi) is 2.07. The number of nitrogens with two attached hydrogens (primary N) is 1. The lowest BCUT2D eigenvalue weighted by molar-refractivity contribution is 0.250. The number of imidazole rings is 1. The van der Waals surface area contributed by atoms with Gasteiger partial charge in [-0.2, -0.15) is 0 Å². The molecule has 0 saturated carbocycles. The van der Waals surface area contributed by atoms with E-state index in [1.807, 2.05) is 13.0 Å². The van der Waals surface area contributed by atoms with Crippen LogP contribution in [0.25, 0.3) is 11.0 Å².